The first-order chi connectivity index (χ1) is 11.6. The van der Waals surface area contributed by atoms with Crippen LogP contribution >= 0.6 is 0 Å². The lowest BCUT2D eigenvalue weighted by molar-refractivity contribution is -0.141. The Morgan fingerprint density at radius 3 is 2.75 bits per heavy atom. The average Bonchev–Trinajstić information content (AvgIpc) is 2.60. The largest absolute Gasteiger partial charge is 0.486 e. The highest BCUT2D eigenvalue weighted by atomic mass is 16.6. The lowest BCUT2D eigenvalue weighted by Gasteiger charge is -2.40. The molecular weight excluding hydrogens is 308 g/mol. The number of amides is 2. The third-order valence-corrected chi connectivity index (χ3v) is 4.41. The van der Waals surface area contributed by atoms with E-state index >= 15 is 0 Å². The molecule has 6 nitrogen and oxygen atoms in total. The minimum Gasteiger partial charge on any atom is -0.486 e. The van der Waals surface area contributed by atoms with Crippen LogP contribution < -0.4 is 9.47 Å². The Kier molecular flexibility index (Phi) is 4.74. The lowest BCUT2D eigenvalue weighted by Crippen LogP contribution is -2.55. The normalized spacial score (nSPS) is 22.9. The highest BCUT2D eigenvalue weighted by Gasteiger charge is 2.31. The van der Waals surface area contributed by atoms with E-state index in [0.29, 0.717) is 37.7 Å². The van der Waals surface area contributed by atoms with Crippen LogP contribution in [0.5, 0.6) is 11.5 Å². The molecule has 2 aliphatic heterocycles. The van der Waals surface area contributed by atoms with Gasteiger partial charge in [0.15, 0.2) is 11.5 Å². The van der Waals surface area contributed by atoms with Crippen LogP contribution in [-0.2, 0) is 9.59 Å². The molecule has 1 unspecified atom stereocenters. The Hall–Kier alpha value is -2.50. The first-order valence-corrected chi connectivity index (χ1v) is 8.17. The van der Waals surface area contributed by atoms with E-state index in [-0.39, 0.29) is 30.4 Å². The maximum Gasteiger partial charge on any atom is 0.246 e. The quantitative estimate of drug-likeness (QED) is 0.788. The van der Waals surface area contributed by atoms with Crippen molar-refractivity contribution in [3.8, 4) is 11.5 Å². The third-order valence-electron chi connectivity index (χ3n) is 4.41. The van der Waals surface area contributed by atoms with Crippen molar-refractivity contribution in [3.05, 3.63) is 36.9 Å². The average molecular weight is 330 g/mol. The number of nitrogens with zero attached hydrogens (tertiary/aromatic N) is 2. The first kappa shape index (κ1) is 16.4. The Balaban J connectivity index is 1.55. The van der Waals surface area contributed by atoms with Gasteiger partial charge in [0, 0.05) is 25.7 Å². The van der Waals surface area contributed by atoms with Gasteiger partial charge in [-0.15, -0.1) is 0 Å². The molecule has 2 heterocycles. The van der Waals surface area contributed by atoms with E-state index in [2.05, 4.69) is 6.58 Å². The van der Waals surface area contributed by atoms with Crippen molar-refractivity contribution in [1.29, 1.82) is 0 Å². The summed E-state index contributed by atoms with van der Waals surface area (Å²) in [5, 5.41) is 0. The van der Waals surface area contributed by atoms with Crippen molar-refractivity contribution in [3.63, 3.8) is 0 Å². The number of carbonyl (C=O) groups excluding carboxylic acids is 2. The lowest BCUT2D eigenvalue weighted by atomic mass is 10.1. The van der Waals surface area contributed by atoms with Crippen molar-refractivity contribution in [2.45, 2.75) is 25.5 Å². The van der Waals surface area contributed by atoms with Crippen LogP contribution in [0, 0.1) is 0 Å². The van der Waals surface area contributed by atoms with E-state index in [1.165, 1.54) is 6.08 Å². The summed E-state index contributed by atoms with van der Waals surface area (Å²) in [5.74, 6) is 1.33. The van der Waals surface area contributed by atoms with Gasteiger partial charge in [0.25, 0.3) is 0 Å². The van der Waals surface area contributed by atoms with E-state index in [1.807, 2.05) is 31.2 Å². The number of fused-ring (bicyclic) bond motifs is 1. The fourth-order valence-corrected chi connectivity index (χ4v) is 3.12. The molecular formula is C18H22N2O4. The highest BCUT2D eigenvalue weighted by Crippen LogP contribution is 2.31. The number of benzene rings is 1. The molecule has 1 saturated heterocycles. The van der Waals surface area contributed by atoms with Crippen molar-refractivity contribution in [2.75, 3.05) is 26.2 Å². The van der Waals surface area contributed by atoms with Crippen LogP contribution in [0.1, 0.15) is 13.3 Å². The molecule has 1 aromatic rings. The van der Waals surface area contributed by atoms with Gasteiger partial charge in [0.1, 0.15) is 12.7 Å². The molecule has 0 saturated carbocycles. The first-order valence-electron chi connectivity index (χ1n) is 8.17. The van der Waals surface area contributed by atoms with E-state index < -0.39 is 0 Å². The third kappa shape index (κ3) is 3.37. The molecule has 128 valence electrons. The zero-order chi connectivity index (χ0) is 17.1. The maximum absolute atomic E-state index is 12.5. The molecule has 24 heavy (non-hydrogen) atoms. The van der Waals surface area contributed by atoms with Gasteiger partial charge in [-0.1, -0.05) is 18.7 Å². The van der Waals surface area contributed by atoms with Crippen molar-refractivity contribution in [2.24, 2.45) is 0 Å². The second kappa shape index (κ2) is 6.95. The number of carbonyl (C=O) groups is 2. The van der Waals surface area contributed by atoms with Gasteiger partial charge in [-0.3, -0.25) is 9.59 Å². The Morgan fingerprint density at radius 1 is 1.29 bits per heavy atom. The molecule has 0 aliphatic carbocycles. The molecule has 2 amide bonds. The molecule has 0 bridgehead atoms. The molecule has 2 atom stereocenters. The van der Waals surface area contributed by atoms with Gasteiger partial charge in [-0.05, 0) is 25.1 Å². The monoisotopic (exact) mass is 330 g/mol. The number of para-hydroxylation sites is 2. The van der Waals surface area contributed by atoms with Crippen LogP contribution in [0.3, 0.4) is 0 Å². The van der Waals surface area contributed by atoms with Crippen LogP contribution in [0.15, 0.2) is 36.9 Å². The van der Waals surface area contributed by atoms with E-state index in [9.17, 15) is 9.59 Å². The van der Waals surface area contributed by atoms with E-state index in [1.54, 1.807) is 9.80 Å². The van der Waals surface area contributed by atoms with Crippen molar-refractivity contribution in [1.82, 2.24) is 9.80 Å². The minimum absolute atomic E-state index is 0.0162. The molecule has 0 N–H and O–H groups in total. The highest BCUT2D eigenvalue weighted by molar-refractivity contribution is 5.87. The Morgan fingerprint density at radius 2 is 2.04 bits per heavy atom. The summed E-state index contributed by atoms with van der Waals surface area (Å²) >= 11 is 0. The van der Waals surface area contributed by atoms with Gasteiger partial charge in [0.2, 0.25) is 11.8 Å². The van der Waals surface area contributed by atoms with Crippen LogP contribution in [0.4, 0.5) is 0 Å². The summed E-state index contributed by atoms with van der Waals surface area (Å²) in [6.45, 7) is 7.42. The van der Waals surface area contributed by atoms with Crippen LogP contribution in [0.25, 0.3) is 0 Å². The van der Waals surface area contributed by atoms with Crippen molar-refractivity contribution >= 4 is 11.8 Å². The van der Waals surface area contributed by atoms with Gasteiger partial charge < -0.3 is 19.3 Å². The van der Waals surface area contributed by atoms with Gasteiger partial charge in [-0.2, -0.15) is 0 Å². The summed E-state index contributed by atoms with van der Waals surface area (Å²) in [4.78, 5) is 27.8. The molecule has 6 heteroatoms. The summed E-state index contributed by atoms with van der Waals surface area (Å²) in [6, 6.07) is 7.44. The van der Waals surface area contributed by atoms with Gasteiger partial charge in [-0.25, -0.2) is 0 Å². The van der Waals surface area contributed by atoms with Crippen LogP contribution in [0.2, 0.25) is 0 Å². The number of hydrogen-bond acceptors (Lipinski definition) is 4. The van der Waals surface area contributed by atoms with Crippen LogP contribution in [-0.4, -0.2) is 60.0 Å². The maximum atomic E-state index is 12.5. The van der Waals surface area contributed by atoms with E-state index in [0.717, 1.165) is 0 Å². The zero-order valence-electron chi connectivity index (χ0n) is 13.8. The predicted molar refractivity (Wildman–Crippen MR) is 88.9 cm³/mol. The molecule has 2 aliphatic rings. The standard InChI is InChI=1S/C18H22N2O4/c1-3-17(21)20-9-8-19(11-13(20)2)18(22)10-14-12-23-15-6-4-5-7-16(15)24-14/h3-7,13-14H,1,8-12H2,2H3/t13-,14?/m1/s1. The van der Waals surface area contributed by atoms with E-state index in [4.69, 9.17) is 9.47 Å². The zero-order valence-corrected chi connectivity index (χ0v) is 13.8. The number of ether oxygens (including phenoxy) is 2. The van der Waals surface area contributed by atoms with Gasteiger partial charge in [0.05, 0.1) is 6.42 Å². The molecule has 3 rings (SSSR count). The smallest absolute Gasteiger partial charge is 0.246 e. The fraction of sp³-hybridized carbons (Fsp3) is 0.444. The summed E-state index contributed by atoms with van der Waals surface area (Å²) in [5.41, 5.74) is 0. The number of piperazine rings is 1. The number of rotatable bonds is 3. The summed E-state index contributed by atoms with van der Waals surface area (Å²) < 4.78 is 11.5. The Bertz CT molecular complexity index is 646. The SMILES string of the molecule is C=CC(=O)N1CCN(C(=O)CC2COc3ccccc3O2)C[C@H]1C. The Labute approximate surface area is 141 Å². The second-order valence-electron chi connectivity index (χ2n) is 6.13. The minimum atomic E-state index is -0.282. The molecule has 0 aromatic heterocycles. The molecule has 1 fully saturated rings. The molecule has 1 aromatic carbocycles. The summed E-state index contributed by atoms with van der Waals surface area (Å²) in [6.07, 6.45) is 1.31. The summed E-state index contributed by atoms with van der Waals surface area (Å²) in [7, 11) is 0. The molecule has 0 spiro atoms. The fourth-order valence-electron chi connectivity index (χ4n) is 3.12. The molecule has 0 radical (unpaired) electrons. The van der Waals surface area contributed by atoms with Crippen molar-refractivity contribution < 1.29 is 19.1 Å². The second-order valence-corrected chi connectivity index (χ2v) is 6.13. The topological polar surface area (TPSA) is 59.1 Å². The van der Waals surface area contributed by atoms with Gasteiger partial charge >= 0.3 is 0 Å². The predicted octanol–water partition coefficient (Wildman–Crippen LogP) is 1.46. The number of hydrogen-bond donors (Lipinski definition) is 0.